The van der Waals surface area contributed by atoms with Crippen LogP contribution in [0.3, 0.4) is 0 Å². The van der Waals surface area contributed by atoms with Crippen molar-refractivity contribution in [1.82, 2.24) is 9.97 Å². The van der Waals surface area contributed by atoms with Gasteiger partial charge in [-0.05, 0) is 18.2 Å². The van der Waals surface area contributed by atoms with E-state index >= 15 is 0 Å². The molecular formula is C14H7F3N2O. The maximum atomic E-state index is 12.9. The van der Waals surface area contributed by atoms with Crippen molar-refractivity contribution < 1.29 is 17.6 Å². The zero-order valence-corrected chi connectivity index (χ0v) is 9.95. The Morgan fingerprint density at radius 1 is 1.30 bits per heavy atom. The van der Waals surface area contributed by atoms with Crippen molar-refractivity contribution in [1.29, 1.82) is 0 Å². The Balaban J connectivity index is 2.26. The molecule has 3 aromatic rings. The van der Waals surface area contributed by atoms with E-state index in [0.29, 0.717) is 16.5 Å². The van der Waals surface area contributed by atoms with E-state index < -0.39 is 11.9 Å². The SMILES string of the molecule is C#Cc1ccc2[nH]cc(-c3ocnc3C(F)(F)F)c2c1. The first kappa shape index (κ1) is 12.4. The molecule has 2 aromatic heterocycles. The number of oxazole rings is 1. The Bertz CT molecular complexity index is 821. The molecule has 3 rings (SSSR count). The number of nitrogens with one attached hydrogen (secondary N) is 1. The molecule has 0 aliphatic rings. The second kappa shape index (κ2) is 4.17. The van der Waals surface area contributed by atoms with Crippen molar-refractivity contribution in [2.75, 3.05) is 0 Å². The number of H-pyrrole nitrogens is 1. The van der Waals surface area contributed by atoms with Gasteiger partial charge >= 0.3 is 6.18 Å². The van der Waals surface area contributed by atoms with Crippen LogP contribution in [0.1, 0.15) is 11.3 Å². The third-order valence-electron chi connectivity index (χ3n) is 2.93. The van der Waals surface area contributed by atoms with Crippen LogP contribution in [-0.2, 0) is 6.18 Å². The highest BCUT2D eigenvalue weighted by Crippen LogP contribution is 2.38. The zero-order chi connectivity index (χ0) is 14.3. The van der Waals surface area contributed by atoms with Crippen molar-refractivity contribution >= 4 is 10.9 Å². The number of halogens is 3. The van der Waals surface area contributed by atoms with E-state index in [1.165, 1.54) is 6.20 Å². The van der Waals surface area contributed by atoms with Crippen LogP contribution in [0, 0.1) is 12.3 Å². The molecule has 6 heteroatoms. The van der Waals surface area contributed by atoms with E-state index in [-0.39, 0.29) is 11.3 Å². The van der Waals surface area contributed by atoms with Crippen molar-refractivity contribution in [2.24, 2.45) is 0 Å². The topological polar surface area (TPSA) is 41.8 Å². The number of rotatable bonds is 1. The predicted octanol–water partition coefficient (Wildman–Crippen LogP) is 3.82. The first-order valence-electron chi connectivity index (χ1n) is 5.59. The molecule has 20 heavy (non-hydrogen) atoms. The molecule has 0 bridgehead atoms. The van der Waals surface area contributed by atoms with Gasteiger partial charge in [-0.1, -0.05) is 5.92 Å². The molecule has 0 amide bonds. The normalized spacial score (nSPS) is 11.7. The number of fused-ring (bicyclic) bond motifs is 1. The summed E-state index contributed by atoms with van der Waals surface area (Å²) in [5, 5.41) is 0.558. The average molecular weight is 276 g/mol. The van der Waals surface area contributed by atoms with E-state index in [1.807, 2.05) is 0 Å². The summed E-state index contributed by atoms with van der Waals surface area (Å²) < 4.78 is 43.5. The van der Waals surface area contributed by atoms with Crippen molar-refractivity contribution in [3.63, 3.8) is 0 Å². The molecule has 2 heterocycles. The van der Waals surface area contributed by atoms with Crippen LogP contribution in [0.5, 0.6) is 0 Å². The fourth-order valence-corrected chi connectivity index (χ4v) is 2.04. The Hall–Kier alpha value is -2.68. The third-order valence-corrected chi connectivity index (χ3v) is 2.93. The number of aromatic nitrogens is 2. The standard InChI is InChI=1S/C14H7F3N2O/c1-2-8-3-4-11-9(5-8)10(6-18-11)12-13(14(15,16)17)19-7-20-12/h1,3-7,18H. The van der Waals surface area contributed by atoms with Gasteiger partial charge in [0.25, 0.3) is 0 Å². The van der Waals surface area contributed by atoms with Gasteiger partial charge in [-0.15, -0.1) is 6.42 Å². The molecule has 0 saturated heterocycles. The molecule has 0 fully saturated rings. The first-order valence-corrected chi connectivity index (χ1v) is 5.59. The van der Waals surface area contributed by atoms with Crippen LogP contribution in [0.15, 0.2) is 35.2 Å². The minimum absolute atomic E-state index is 0.280. The lowest BCUT2D eigenvalue weighted by Gasteiger charge is -2.04. The molecule has 1 N–H and O–H groups in total. The minimum Gasteiger partial charge on any atom is -0.443 e. The Morgan fingerprint density at radius 3 is 2.80 bits per heavy atom. The highest BCUT2D eigenvalue weighted by molar-refractivity contribution is 5.95. The fraction of sp³-hybridized carbons (Fsp3) is 0.0714. The van der Waals surface area contributed by atoms with Crippen molar-refractivity contribution in [3.05, 3.63) is 42.0 Å². The van der Waals surface area contributed by atoms with Gasteiger partial charge in [0.15, 0.2) is 17.8 Å². The predicted molar refractivity (Wildman–Crippen MR) is 66.7 cm³/mol. The summed E-state index contributed by atoms with van der Waals surface area (Å²) in [5.74, 6) is 2.12. The monoisotopic (exact) mass is 276 g/mol. The van der Waals surface area contributed by atoms with Gasteiger partial charge in [-0.2, -0.15) is 13.2 Å². The van der Waals surface area contributed by atoms with Gasteiger partial charge in [0.1, 0.15) is 0 Å². The summed E-state index contributed by atoms with van der Waals surface area (Å²) in [6.07, 6.45) is 2.95. The van der Waals surface area contributed by atoms with Gasteiger partial charge in [0, 0.05) is 28.2 Å². The molecule has 0 atom stereocenters. The summed E-state index contributed by atoms with van der Waals surface area (Å²) in [7, 11) is 0. The highest BCUT2D eigenvalue weighted by Gasteiger charge is 2.38. The maximum absolute atomic E-state index is 12.9. The minimum atomic E-state index is -4.57. The molecule has 0 aliphatic heterocycles. The highest BCUT2D eigenvalue weighted by atomic mass is 19.4. The molecule has 3 nitrogen and oxygen atoms in total. The molecule has 0 radical (unpaired) electrons. The largest absolute Gasteiger partial charge is 0.443 e. The van der Waals surface area contributed by atoms with Crippen LogP contribution in [0.2, 0.25) is 0 Å². The molecule has 0 aliphatic carbocycles. The van der Waals surface area contributed by atoms with E-state index in [9.17, 15) is 13.2 Å². The lowest BCUT2D eigenvalue weighted by molar-refractivity contribution is -0.140. The zero-order valence-electron chi connectivity index (χ0n) is 9.95. The maximum Gasteiger partial charge on any atom is 0.437 e. The van der Waals surface area contributed by atoms with E-state index in [1.54, 1.807) is 18.2 Å². The van der Waals surface area contributed by atoms with E-state index in [2.05, 4.69) is 15.9 Å². The Kier molecular flexibility index (Phi) is 2.57. The molecule has 1 aromatic carbocycles. The average Bonchev–Trinajstić information content (AvgIpc) is 3.02. The fourth-order valence-electron chi connectivity index (χ4n) is 2.04. The number of hydrogen-bond donors (Lipinski definition) is 1. The molecule has 100 valence electrons. The number of benzene rings is 1. The van der Waals surface area contributed by atoms with Crippen LogP contribution in [0.4, 0.5) is 13.2 Å². The van der Waals surface area contributed by atoms with E-state index in [4.69, 9.17) is 10.8 Å². The second-order valence-corrected chi connectivity index (χ2v) is 4.13. The van der Waals surface area contributed by atoms with Crippen molar-refractivity contribution in [2.45, 2.75) is 6.18 Å². The lowest BCUT2D eigenvalue weighted by atomic mass is 10.1. The number of alkyl halides is 3. The lowest BCUT2D eigenvalue weighted by Crippen LogP contribution is -2.06. The van der Waals surface area contributed by atoms with Crippen LogP contribution < -0.4 is 0 Å². The van der Waals surface area contributed by atoms with Crippen LogP contribution in [-0.4, -0.2) is 9.97 Å². The Labute approximate surface area is 111 Å². The number of nitrogens with zero attached hydrogens (tertiary/aromatic N) is 1. The number of hydrogen-bond acceptors (Lipinski definition) is 2. The van der Waals surface area contributed by atoms with Crippen LogP contribution in [0.25, 0.3) is 22.2 Å². The van der Waals surface area contributed by atoms with Gasteiger partial charge in [0.05, 0.1) is 0 Å². The van der Waals surface area contributed by atoms with Gasteiger partial charge in [-0.3, -0.25) is 0 Å². The third kappa shape index (κ3) is 1.84. The summed E-state index contributed by atoms with van der Waals surface area (Å²) >= 11 is 0. The van der Waals surface area contributed by atoms with Crippen LogP contribution >= 0.6 is 0 Å². The van der Waals surface area contributed by atoms with Gasteiger partial charge in [0.2, 0.25) is 0 Å². The number of terminal acetylenes is 1. The Morgan fingerprint density at radius 2 is 2.10 bits per heavy atom. The van der Waals surface area contributed by atoms with Crippen molar-refractivity contribution in [3.8, 4) is 23.7 Å². The number of aromatic amines is 1. The molecule has 0 unspecified atom stereocenters. The summed E-state index contributed by atoms with van der Waals surface area (Å²) in [6, 6.07) is 5.04. The quantitative estimate of drug-likeness (QED) is 0.686. The first-order chi connectivity index (χ1) is 9.50. The summed E-state index contributed by atoms with van der Waals surface area (Å²) in [6.45, 7) is 0. The smallest absolute Gasteiger partial charge is 0.437 e. The molecule has 0 spiro atoms. The van der Waals surface area contributed by atoms with Gasteiger partial charge in [-0.25, -0.2) is 4.98 Å². The summed E-state index contributed by atoms with van der Waals surface area (Å²) in [5.41, 5.74) is 0.474. The summed E-state index contributed by atoms with van der Waals surface area (Å²) in [4.78, 5) is 6.13. The molecule has 0 saturated carbocycles. The van der Waals surface area contributed by atoms with E-state index in [0.717, 1.165) is 6.39 Å². The second-order valence-electron chi connectivity index (χ2n) is 4.13. The van der Waals surface area contributed by atoms with Gasteiger partial charge < -0.3 is 9.40 Å². The molecular weight excluding hydrogens is 269 g/mol.